The fourth-order valence-corrected chi connectivity index (χ4v) is 2.67. The molecule has 2 aromatic heterocycles. The third kappa shape index (κ3) is 2.49. The first-order chi connectivity index (χ1) is 11.7. The number of aliphatic hydroxyl groups excluding tert-OH is 1. The van der Waals surface area contributed by atoms with Gasteiger partial charge in [-0.3, -0.25) is 4.79 Å². The highest BCUT2D eigenvalue weighted by atomic mass is 16.3. The van der Waals surface area contributed by atoms with Crippen molar-refractivity contribution in [3.63, 3.8) is 0 Å². The Morgan fingerprint density at radius 3 is 3.00 bits per heavy atom. The number of benzene rings is 1. The van der Waals surface area contributed by atoms with Gasteiger partial charge >= 0.3 is 0 Å². The molecule has 6 nitrogen and oxygen atoms in total. The Hall–Kier alpha value is -3.25. The van der Waals surface area contributed by atoms with Crippen molar-refractivity contribution in [1.82, 2.24) is 15.3 Å². The normalized spacial score (nSPS) is 15.8. The van der Waals surface area contributed by atoms with Gasteiger partial charge in [-0.05, 0) is 29.8 Å². The van der Waals surface area contributed by atoms with Crippen molar-refractivity contribution < 1.29 is 9.90 Å². The number of hydrogen-bond donors (Lipinski definition) is 3. The van der Waals surface area contributed by atoms with Crippen LogP contribution in [0.1, 0.15) is 16.7 Å². The predicted molar refractivity (Wildman–Crippen MR) is 91.1 cm³/mol. The van der Waals surface area contributed by atoms with E-state index >= 15 is 0 Å². The number of pyridine rings is 1. The van der Waals surface area contributed by atoms with E-state index in [1.54, 1.807) is 24.5 Å². The number of hydrogen-bond acceptors (Lipinski definition) is 4. The van der Waals surface area contributed by atoms with Gasteiger partial charge in [-0.1, -0.05) is 18.2 Å². The monoisotopic (exact) mass is 318 g/mol. The standard InChI is InChI=1S/C18H14N4O2/c23-10-11-3-1-4-12(7-11)16-21-15(18(24)22-16)8-13-9-20-17-14(13)5-2-6-19-17/h1-9,23H,10H2,(H,19,20)(H,21,22,24)/b15-8-. The minimum atomic E-state index is -0.252. The molecule has 0 saturated heterocycles. The van der Waals surface area contributed by atoms with Crippen molar-refractivity contribution in [3.8, 4) is 0 Å². The van der Waals surface area contributed by atoms with Gasteiger partial charge in [0.15, 0.2) is 0 Å². The molecule has 0 fully saturated rings. The molecule has 1 amide bonds. The van der Waals surface area contributed by atoms with E-state index in [4.69, 9.17) is 0 Å². The largest absolute Gasteiger partial charge is 0.392 e. The van der Waals surface area contributed by atoms with Crippen LogP contribution in [0, 0.1) is 0 Å². The molecule has 0 atom stereocenters. The van der Waals surface area contributed by atoms with Crippen molar-refractivity contribution >= 4 is 28.9 Å². The first-order valence-corrected chi connectivity index (χ1v) is 7.48. The van der Waals surface area contributed by atoms with Crippen LogP contribution in [0.15, 0.2) is 59.5 Å². The van der Waals surface area contributed by atoms with Crippen LogP contribution in [-0.4, -0.2) is 26.8 Å². The zero-order chi connectivity index (χ0) is 16.5. The lowest BCUT2D eigenvalue weighted by Crippen LogP contribution is -2.24. The lowest BCUT2D eigenvalue weighted by molar-refractivity contribution is -0.115. The van der Waals surface area contributed by atoms with E-state index in [0.717, 1.165) is 27.7 Å². The van der Waals surface area contributed by atoms with Gasteiger partial charge in [0, 0.05) is 28.9 Å². The van der Waals surface area contributed by atoms with E-state index in [-0.39, 0.29) is 12.5 Å². The molecule has 0 aliphatic carbocycles. The second kappa shape index (κ2) is 5.75. The molecule has 0 unspecified atom stereocenters. The van der Waals surface area contributed by atoms with Crippen molar-refractivity contribution in [2.75, 3.05) is 0 Å². The maximum atomic E-state index is 12.2. The number of rotatable bonds is 3. The zero-order valence-electron chi connectivity index (χ0n) is 12.7. The van der Waals surface area contributed by atoms with Crippen molar-refractivity contribution in [2.45, 2.75) is 6.61 Å². The number of amides is 1. The number of aromatic nitrogens is 2. The summed E-state index contributed by atoms with van der Waals surface area (Å²) < 4.78 is 0. The highest BCUT2D eigenvalue weighted by Crippen LogP contribution is 2.21. The van der Waals surface area contributed by atoms with Crippen LogP contribution in [0.25, 0.3) is 17.1 Å². The van der Waals surface area contributed by atoms with Crippen LogP contribution in [0.3, 0.4) is 0 Å². The summed E-state index contributed by atoms with van der Waals surface area (Å²) in [6.45, 7) is -0.0555. The van der Waals surface area contributed by atoms with Gasteiger partial charge in [-0.2, -0.15) is 0 Å². The molecular weight excluding hydrogens is 304 g/mol. The number of nitrogens with zero attached hydrogens (tertiary/aromatic N) is 2. The summed E-state index contributed by atoms with van der Waals surface area (Å²) in [4.78, 5) is 23.9. The molecule has 1 aliphatic rings. The van der Waals surface area contributed by atoms with Gasteiger partial charge in [-0.25, -0.2) is 9.98 Å². The van der Waals surface area contributed by atoms with Crippen LogP contribution in [0.2, 0.25) is 0 Å². The molecule has 1 aliphatic heterocycles. The van der Waals surface area contributed by atoms with Gasteiger partial charge in [0.05, 0.1) is 6.61 Å². The Morgan fingerprint density at radius 2 is 2.12 bits per heavy atom. The highest BCUT2D eigenvalue weighted by Gasteiger charge is 2.21. The van der Waals surface area contributed by atoms with Gasteiger partial charge in [0.25, 0.3) is 5.91 Å². The number of amidine groups is 1. The number of aliphatic hydroxyl groups is 1. The van der Waals surface area contributed by atoms with Crippen LogP contribution in [-0.2, 0) is 11.4 Å². The summed E-state index contributed by atoms with van der Waals surface area (Å²) >= 11 is 0. The summed E-state index contributed by atoms with van der Waals surface area (Å²) in [7, 11) is 0. The number of nitrogens with one attached hydrogen (secondary N) is 2. The highest BCUT2D eigenvalue weighted by molar-refractivity contribution is 6.20. The summed E-state index contributed by atoms with van der Waals surface area (Å²) in [6.07, 6.45) is 5.25. The molecule has 1 aromatic carbocycles. The second-order valence-electron chi connectivity index (χ2n) is 5.45. The molecule has 118 valence electrons. The molecule has 4 rings (SSSR count). The van der Waals surface area contributed by atoms with Gasteiger partial charge in [0.1, 0.15) is 17.2 Å². The van der Waals surface area contributed by atoms with E-state index < -0.39 is 0 Å². The molecule has 3 heterocycles. The second-order valence-corrected chi connectivity index (χ2v) is 5.45. The first kappa shape index (κ1) is 14.3. The van der Waals surface area contributed by atoms with E-state index in [9.17, 15) is 9.90 Å². The van der Waals surface area contributed by atoms with Crippen molar-refractivity contribution in [1.29, 1.82) is 0 Å². The van der Waals surface area contributed by atoms with Crippen LogP contribution in [0.4, 0.5) is 0 Å². The maximum Gasteiger partial charge on any atom is 0.275 e. The molecule has 3 aromatic rings. The maximum absolute atomic E-state index is 12.2. The molecule has 3 N–H and O–H groups in total. The summed E-state index contributed by atoms with van der Waals surface area (Å²) in [5.41, 5.74) is 3.49. The zero-order valence-corrected chi connectivity index (χ0v) is 12.7. The number of carbonyl (C=O) groups is 1. The van der Waals surface area contributed by atoms with E-state index in [0.29, 0.717) is 11.5 Å². The number of fused-ring (bicyclic) bond motifs is 1. The molecule has 0 saturated carbocycles. The van der Waals surface area contributed by atoms with E-state index in [1.807, 2.05) is 30.3 Å². The Balaban J connectivity index is 1.73. The van der Waals surface area contributed by atoms with E-state index in [2.05, 4.69) is 20.3 Å². The topological polar surface area (TPSA) is 90.4 Å². The average molecular weight is 318 g/mol. The van der Waals surface area contributed by atoms with Crippen LogP contribution < -0.4 is 5.32 Å². The lowest BCUT2D eigenvalue weighted by atomic mass is 10.1. The Bertz CT molecular complexity index is 1000. The minimum Gasteiger partial charge on any atom is -0.392 e. The predicted octanol–water partition coefficient (Wildman–Crippen LogP) is 1.97. The number of carbonyl (C=O) groups excluding carboxylic acids is 1. The van der Waals surface area contributed by atoms with Gasteiger partial charge in [0.2, 0.25) is 0 Å². The fraction of sp³-hybridized carbons (Fsp3) is 0.0556. The van der Waals surface area contributed by atoms with Crippen LogP contribution >= 0.6 is 0 Å². The summed E-state index contributed by atoms with van der Waals surface area (Å²) in [5, 5.41) is 12.9. The summed E-state index contributed by atoms with van der Waals surface area (Å²) in [5.74, 6) is 0.233. The number of H-pyrrole nitrogens is 1. The third-order valence-corrected chi connectivity index (χ3v) is 3.86. The SMILES string of the molecule is O=C1NC(c2cccc(CO)c2)=N/C1=C\c1c[nH]c2ncccc12. The molecule has 6 heteroatoms. The molecule has 0 radical (unpaired) electrons. The fourth-order valence-electron chi connectivity index (χ4n) is 2.67. The molecular formula is C18H14N4O2. The Kier molecular flexibility index (Phi) is 3.44. The molecule has 0 spiro atoms. The van der Waals surface area contributed by atoms with Crippen molar-refractivity contribution in [3.05, 3.63) is 71.2 Å². The lowest BCUT2D eigenvalue weighted by Gasteiger charge is -2.02. The smallest absolute Gasteiger partial charge is 0.275 e. The average Bonchev–Trinajstić information content (AvgIpc) is 3.20. The first-order valence-electron chi connectivity index (χ1n) is 7.48. The quantitative estimate of drug-likeness (QED) is 0.645. The number of aliphatic imine (C=N–C) groups is 1. The number of aromatic amines is 1. The Labute approximate surface area is 137 Å². The minimum absolute atomic E-state index is 0.0555. The third-order valence-electron chi connectivity index (χ3n) is 3.86. The van der Waals surface area contributed by atoms with Gasteiger partial charge < -0.3 is 15.4 Å². The summed E-state index contributed by atoms with van der Waals surface area (Å²) in [6, 6.07) is 11.1. The van der Waals surface area contributed by atoms with Crippen molar-refractivity contribution in [2.24, 2.45) is 4.99 Å². The van der Waals surface area contributed by atoms with Gasteiger partial charge in [-0.15, -0.1) is 0 Å². The van der Waals surface area contributed by atoms with E-state index in [1.165, 1.54) is 0 Å². The molecule has 0 bridgehead atoms. The molecule has 24 heavy (non-hydrogen) atoms. The van der Waals surface area contributed by atoms with Crippen LogP contribution in [0.5, 0.6) is 0 Å². The Morgan fingerprint density at radius 1 is 1.21 bits per heavy atom.